The van der Waals surface area contributed by atoms with E-state index in [1.807, 2.05) is 24.3 Å². The number of pyridine rings is 1. The van der Waals surface area contributed by atoms with E-state index in [9.17, 15) is 12.8 Å². The van der Waals surface area contributed by atoms with Gasteiger partial charge < -0.3 is 4.40 Å². The van der Waals surface area contributed by atoms with Crippen LogP contribution >= 0.6 is 0 Å². The minimum atomic E-state index is -3.18. The van der Waals surface area contributed by atoms with Gasteiger partial charge in [-0.25, -0.2) is 17.8 Å². The number of benzene rings is 2. The molecule has 1 aliphatic heterocycles. The Bertz CT molecular complexity index is 1380. The van der Waals surface area contributed by atoms with E-state index in [0.717, 1.165) is 33.7 Å². The summed E-state index contributed by atoms with van der Waals surface area (Å²) in [6.07, 6.45) is 3.34. The first-order valence-electron chi connectivity index (χ1n) is 10.9. The fourth-order valence-corrected chi connectivity index (χ4v) is 5.14. The number of nitrogens with zero attached hydrogens (tertiary/aromatic N) is 4. The van der Waals surface area contributed by atoms with Gasteiger partial charge in [-0.05, 0) is 47.5 Å². The largest absolute Gasteiger partial charge is 0.301 e. The predicted octanol–water partition coefficient (Wildman–Crippen LogP) is 3.88. The molecular formula is C25H25FN4O2S. The number of piperazine rings is 1. The first-order chi connectivity index (χ1) is 15.9. The van der Waals surface area contributed by atoms with Crippen LogP contribution in [0.4, 0.5) is 4.39 Å². The van der Waals surface area contributed by atoms with Crippen LogP contribution in [-0.2, 0) is 16.6 Å². The van der Waals surface area contributed by atoms with Gasteiger partial charge in [-0.15, -0.1) is 0 Å². The third-order valence-electron chi connectivity index (χ3n) is 6.12. The van der Waals surface area contributed by atoms with Gasteiger partial charge >= 0.3 is 0 Å². The van der Waals surface area contributed by atoms with Crippen molar-refractivity contribution in [1.29, 1.82) is 0 Å². The van der Waals surface area contributed by atoms with Gasteiger partial charge in [0.2, 0.25) is 10.0 Å². The molecule has 0 atom stereocenters. The van der Waals surface area contributed by atoms with Crippen molar-refractivity contribution < 1.29 is 12.8 Å². The third kappa shape index (κ3) is 4.55. The quantitative estimate of drug-likeness (QED) is 0.450. The molecule has 1 saturated heterocycles. The lowest BCUT2D eigenvalue weighted by Crippen LogP contribution is -2.47. The second-order valence-corrected chi connectivity index (χ2v) is 10.3. The van der Waals surface area contributed by atoms with Gasteiger partial charge in [0.05, 0.1) is 17.6 Å². The Balaban J connectivity index is 1.55. The second-order valence-electron chi connectivity index (χ2n) is 8.36. The summed E-state index contributed by atoms with van der Waals surface area (Å²) < 4.78 is 41.0. The number of hydrogen-bond acceptors (Lipinski definition) is 4. The molecule has 5 rings (SSSR count). The minimum absolute atomic E-state index is 0.285. The standard InChI is InChI=1S/C25H25FN4O2S/c1-33(31,32)29-15-13-28(14-16-29)18-23-25(20-7-10-22(26)11-8-20)27-24-12-9-21(17-30(23)24)19-5-3-2-4-6-19/h2-12,17H,13-16,18H2,1H3. The third-order valence-corrected chi connectivity index (χ3v) is 7.42. The van der Waals surface area contributed by atoms with Gasteiger partial charge in [0, 0.05) is 44.5 Å². The molecule has 3 heterocycles. The summed E-state index contributed by atoms with van der Waals surface area (Å²) in [5.74, 6) is -0.285. The number of halogens is 1. The van der Waals surface area contributed by atoms with E-state index in [1.165, 1.54) is 22.7 Å². The van der Waals surface area contributed by atoms with E-state index in [0.29, 0.717) is 32.7 Å². The Kier molecular flexibility index (Phi) is 5.74. The van der Waals surface area contributed by atoms with Gasteiger partial charge in [0.15, 0.2) is 0 Å². The van der Waals surface area contributed by atoms with Crippen LogP contribution in [0, 0.1) is 5.82 Å². The first-order valence-corrected chi connectivity index (χ1v) is 12.7. The lowest BCUT2D eigenvalue weighted by atomic mass is 10.1. The smallest absolute Gasteiger partial charge is 0.211 e. The Labute approximate surface area is 193 Å². The highest BCUT2D eigenvalue weighted by molar-refractivity contribution is 7.88. The molecule has 0 unspecified atom stereocenters. The lowest BCUT2D eigenvalue weighted by molar-refractivity contribution is 0.180. The van der Waals surface area contributed by atoms with Crippen molar-refractivity contribution in [3.63, 3.8) is 0 Å². The number of hydrogen-bond donors (Lipinski definition) is 0. The number of aromatic nitrogens is 2. The summed E-state index contributed by atoms with van der Waals surface area (Å²) in [6, 6.07) is 20.6. The van der Waals surface area contributed by atoms with E-state index in [1.54, 1.807) is 12.1 Å². The molecule has 0 amide bonds. The number of rotatable bonds is 5. The van der Waals surface area contributed by atoms with E-state index in [4.69, 9.17) is 4.98 Å². The van der Waals surface area contributed by atoms with Crippen LogP contribution in [0.1, 0.15) is 5.69 Å². The van der Waals surface area contributed by atoms with Crippen molar-refractivity contribution >= 4 is 15.7 Å². The summed E-state index contributed by atoms with van der Waals surface area (Å²) in [4.78, 5) is 7.12. The molecule has 170 valence electrons. The molecule has 0 spiro atoms. The molecule has 0 bridgehead atoms. The van der Waals surface area contributed by atoms with Crippen molar-refractivity contribution in [3.8, 4) is 22.4 Å². The highest BCUT2D eigenvalue weighted by Crippen LogP contribution is 2.29. The maximum atomic E-state index is 13.6. The maximum absolute atomic E-state index is 13.6. The Hall–Kier alpha value is -3.07. The molecule has 33 heavy (non-hydrogen) atoms. The molecule has 0 saturated carbocycles. The van der Waals surface area contributed by atoms with Crippen molar-refractivity contribution in [3.05, 3.63) is 84.4 Å². The molecule has 4 aromatic rings. The molecule has 2 aromatic carbocycles. The van der Waals surface area contributed by atoms with Gasteiger partial charge in [-0.3, -0.25) is 4.90 Å². The number of fused-ring (bicyclic) bond motifs is 1. The van der Waals surface area contributed by atoms with Crippen molar-refractivity contribution in [2.75, 3.05) is 32.4 Å². The Morgan fingerprint density at radius 2 is 1.52 bits per heavy atom. The molecule has 0 aliphatic carbocycles. The van der Waals surface area contributed by atoms with E-state index in [-0.39, 0.29) is 5.82 Å². The van der Waals surface area contributed by atoms with Crippen LogP contribution in [0.25, 0.3) is 28.0 Å². The number of sulfonamides is 1. The number of imidazole rings is 1. The summed E-state index contributed by atoms with van der Waals surface area (Å²) in [6.45, 7) is 2.83. The zero-order valence-corrected chi connectivity index (χ0v) is 19.2. The highest BCUT2D eigenvalue weighted by atomic mass is 32.2. The maximum Gasteiger partial charge on any atom is 0.211 e. The lowest BCUT2D eigenvalue weighted by Gasteiger charge is -2.33. The summed E-state index contributed by atoms with van der Waals surface area (Å²) in [7, 11) is -3.18. The van der Waals surface area contributed by atoms with Crippen LogP contribution in [0.3, 0.4) is 0 Å². The molecule has 2 aromatic heterocycles. The van der Waals surface area contributed by atoms with Crippen LogP contribution in [-0.4, -0.2) is 59.4 Å². The molecular weight excluding hydrogens is 439 g/mol. The fourth-order valence-electron chi connectivity index (χ4n) is 4.32. The highest BCUT2D eigenvalue weighted by Gasteiger charge is 2.25. The van der Waals surface area contributed by atoms with Gasteiger partial charge in [0.1, 0.15) is 11.5 Å². The average molecular weight is 465 g/mol. The molecule has 1 aliphatic rings. The predicted molar refractivity (Wildman–Crippen MR) is 128 cm³/mol. The van der Waals surface area contributed by atoms with Crippen LogP contribution in [0.5, 0.6) is 0 Å². The van der Waals surface area contributed by atoms with Crippen molar-refractivity contribution in [1.82, 2.24) is 18.6 Å². The summed E-state index contributed by atoms with van der Waals surface area (Å²) >= 11 is 0. The first kappa shape index (κ1) is 21.8. The molecule has 0 N–H and O–H groups in total. The molecule has 1 fully saturated rings. The topological polar surface area (TPSA) is 57.9 Å². The zero-order chi connectivity index (χ0) is 23.0. The van der Waals surface area contributed by atoms with Crippen molar-refractivity contribution in [2.24, 2.45) is 0 Å². The molecule has 0 radical (unpaired) electrons. The van der Waals surface area contributed by atoms with E-state index in [2.05, 4.69) is 33.7 Å². The van der Waals surface area contributed by atoms with Crippen LogP contribution in [0.2, 0.25) is 0 Å². The van der Waals surface area contributed by atoms with E-state index >= 15 is 0 Å². The monoisotopic (exact) mass is 464 g/mol. The van der Waals surface area contributed by atoms with E-state index < -0.39 is 10.0 Å². The minimum Gasteiger partial charge on any atom is -0.301 e. The van der Waals surface area contributed by atoms with Gasteiger partial charge in [0.25, 0.3) is 0 Å². The van der Waals surface area contributed by atoms with Gasteiger partial charge in [-0.1, -0.05) is 30.3 Å². The second kappa shape index (κ2) is 8.70. The summed E-state index contributed by atoms with van der Waals surface area (Å²) in [5.41, 5.74) is 5.68. The Morgan fingerprint density at radius 1 is 0.848 bits per heavy atom. The normalized spacial score (nSPS) is 15.8. The summed E-state index contributed by atoms with van der Waals surface area (Å²) in [5, 5.41) is 0. The fraction of sp³-hybridized carbons (Fsp3) is 0.240. The van der Waals surface area contributed by atoms with Crippen molar-refractivity contribution in [2.45, 2.75) is 6.54 Å². The average Bonchev–Trinajstić information content (AvgIpc) is 3.17. The Morgan fingerprint density at radius 3 is 2.18 bits per heavy atom. The molecule has 6 nitrogen and oxygen atoms in total. The SMILES string of the molecule is CS(=O)(=O)N1CCN(Cc2c(-c3ccc(F)cc3)nc3ccc(-c4ccccc4)cn23)CC1. The van der Waals surface area contributed by atoms with Crippen LogP contribution < -0.4 is 0 Å². The molecule has 8 heteroatoms. The zero-order valence-electron chi connectivity index (χ0n) is 18.4. The van der Waals surface area contributed by atoms with Gasteiger partial charge in [-0.2, -0.15) is 4.31 Å². The van der Waals surface area contributed by atoms with Crippen LogP contribution in [0.15, 0.2) is 72.9 Å².